The largest absolute Gasteiger partial charge is 0.345 e. The number of thiazole rings is 1. The third-order valence-corrected chi connectivity index (χ3v) is 3.47. The average molecular weight is 247 g/mol. The van der Waals surface area contributed by atoms with Crippen molar-refractivity contribution >= 4 is 17.2 Å². The van der Waals surface area contributed by atoms with Gasteiger partial charge in [-0.1, -0.05) is 0 Å². The van der Waals surface area contributed by atoms with Gasteiger partial charge in [-0.05, 0) is 26.0 Å². The first kappa shape index (κ1) is 11.7. The van der Waals surface area contributed by atoms with Gasteiger partial charge in [-0.2, -0.15) is 0 Å². The topological polar surface area (TPSA) is 54.9 Å². The van der Waals surface area contributed by atoms with Crippen LogP contribution in [0, 0.1) is 13.8 Å². The molecule has 1 N–H and O–H groups in total. The summed E-state index contributed by atoms with van der Waals surface area (Å²) in [7, 11) is 0. The van der Waals surface area contributed by atoms with Crippen LogP contribution in [0.15, 0.2) is 24.5 Å². The number of hydrogen-bond donors (Lipinski definition) is 1. The van der Waals surface area contributed by atoms with Gasteiger partial charge >= 0.3 is 0 Å². The lowest BCUT2D eigenvalue weighted by molar-refractivity contribution is 0.0950. The highest BCUT2D eigenvalue weighted by atomic mass is 32.1. The van der Waals surface area contributed by atoms with Crippen molar-refractivity contribution in [2.24, 2.45) is 0 Å². The number of carbonyl (C=O) groups is 1. The van der Waals surface area contributed by atoms with Crippen LogP contribution in [0.1, 0.15) is 25.9 Å². The zero-order valence-corrected chi connectivity index (χ0v) is 10.5. The number of rotatable bonds is 3. The van der Waals surface area contributed by atoms with Gasteiger partial charge < -0.3 is 5.32 Å². The highest BCUT2D eigenvalue weighted by molar-refractivity contribution is 7.11. The molecule has 5 heteroatoms. The Morgan fingerprint density at radius 3 is 2.88 bits per heavy atom. The van der Waals surface area contributed by atoms with E-state index in [2.05, 4.69) is 15.3 Å². The van der Waals surface area contributed by atoms with Gasteiger partial charge in [0.15, 0.2) is 0 Å². The molecule has 2 aromatic heterocycles. The van der Waals surface area contributed by atoms with Crippen LogP contribution >= 0.6 is 11.3 Å². The molecule has 88 valence electrons. The summed E-state index contributed by atoms with van der Waals surface area (Å²) < 4.78 is 0. The average Bonchev–Trinajstić information content (AvgIpc) is 2.67. The molecule has 0 saturated carbocycles. The highest BCUT2D eigenvalue weighted by Gasteiger charge is 2.07. The molecule has 2 heterocycles. The number of hydrogen-bond acceptors (Lipinski definition) is 4. The predicted molar refractivity (Wildman–Crippen MR) is 67.0 cm³/mol. The molecule has 17 heavy (non-hydrogen) atoms. The molecule has 0 saturated heterocycles. The van der Waals surface area contributed by atoms with Crippen molar-refractivity contribution in [1.82, 2.24) is 15.3 Å². The maximum absolute atomic E-state index is 11.7. The Kier molecular flexibility index (Phi) is 3.49. The fourth-order valence-electron chi connectivity index (χ4n) is 1.37. The number of nitrogens with zero attached hydrogens (tertiary/aromatic N) is 2. The van der Waals surface area contributed by atoms with Gasteiger partial charge in [0.1, 0.15) is 5.01 Å². The van der Waals surface area contributed by atoms with Gasteiger partial charge in [-0.3, -0.25) is 9.78 Å². The molecule has 0 spiro atoms. The molecule has 0 aliphatic heterocycles. The van der Waals surface area contributed by atoms with E-state index in [0.29, 0.717) is 12.1 Å². The van der Waals surface area contributed by atoms with Crippen molar-refractivity contribution in [1.29, 1.82) is 0 Å². The molecular formula is C12H13N3OS. The van der Waals surface area contributed by atoms with Crippen molar-refractivity contribution in [3.8, 4) is 0 Å². The van der Waals surface area contributed by atoms with Gasteiger partial charge in [-0.25, -0.2) is 4.98 Å². The minimum absolute atomic E-state index is 0.122. The molecule has 2 aromatic rings. The maximum Gasteiger partial charge on any atom is 0.253 e. The Labute approximate surface area is 104 Å². The Hall–Kier alpha value is -1.75. The van der Waals surface area contributed by atoms with Crippen LogP contribution < -0.4 is 5.32 Å². The first-order chi connectivity index (χ1) is 8.16. The summed E-state index contributed by atoms with van der Waals surface area (Å²) in [6.07, 6.45) is 3.19. The number of carbonyl (C=O) groups excluding carboxylic acids is 1. The molecule has 0 aromatic carbocycles. The van der Waals surface area contributed by atoms with Crippen molar-refractivity contribution in [3.63, 3.8) is 0 Å². The summed E-state index contributed by atoms with van der Waals surface area (Å²) in [5.41, 5.74) is 1.60. The first-order valence-corrected chi connectivity index (χ1v) is 6.09. The van der Waals surface area contributed by atoms with E-state index in [1.54, 1.807) is 35.9 Å². The van der Waals surface area contributed by atoms with E-state index in [1.807, 2.05) is 13.8 Å². The molecular weight excluding hydrogens is 234 g/mol. The van der Waals surface area contributed by atoms with E-state index in [-0.39, 0.29) is 5.91 Å². The Bertz CT molecular complexity index is 502. The van der Waals surface area contributed by atoms with E-state index in [0.717, 1.165) is 10.7 Å². The van der Waals surface area contributed by atoms with E-state index in [1.165, 1.54) is 4.88 Å². The summed E-state index contributed by atoms with van der Waals surface area (Å²) in [5.74, 6) is -0.122. The molecule has 4 nitrogen and oxygen atoms in total. The second-order valence-corrected chi connectivity index (χ2v) is 4.96. The van der Waals surface area contributed by atoms with Crippen LogP contribution in [-0.4, -0.2) is 15.9 Å². The van der Waals surface area contributed by atoms with E-state index in [9.17, 15) is 4.79 Å². The molecule has 0 aliphatic carbocycles. The zero-order chi connectivity index (χ0) is 12.3. The lowest BCUT2D eigenvalue weighted by Crippen LogP contribution is -2.22. The van der Waals surface area contributed by atoms with E-state index in [4.69, 9.17) is 0 Å². The second-order valence-electron chi connectivity index (χ2n) is 3.67. The minimum atomic E-state index is -0.122. The number of pyridine rings is 1. The van der Waals surface area contributed by atoms with Crippen LogP contribution in [0.25, 0.3) is 0 Å². The summed E-state index contributed by atoms with van der Waals surface area (Å²) in [5, 5.41) is 3.75. The van der Waals surface area contributed by atoms with Gasteiger partial charge in [0, 0.05) is 17.3 Å². The molecule has 0 fully saturated rings. The van der Waals surface area contributed by atoms with Crippen molar-refractivity contribution < 1.29 is 4.79 Å². The maximum atomic E-state index is 11.7. The monoisotopic (exact) mass is 247 g/mol. The van der Waals surface area contributed by atoms with Crippen molar-refractivity contribution in [2.45, 2.75) is 20.4 Å². The minimum Gasteiger partial charge on any atom is -0.345 e. The Morgan fingerprint density at radius 1 is 1.47 bits per heavy atom. The molecule has 1 amide bonds. The van der Waals surface area contributed by atoms with Crippen molar-refractivity contribution in [3.05, 3.63) is 45.7 Å². The molecule has 2 rings (SSSR count). The third kappa shape index (κ3) is 2.88. The van der Waals surface area contributed by atoms with E-state index < -0.39 is 0 Å². The molecule has 0 unspecified atom stereocenters. The standard InChI is InChI=1S/C12H13N3OS/c1-8-9(2)17-11(15-8)7-14-12(16)10-4-3-5-13-6-10/h3-6H,7H2,1-2H3,(H,14,16). The molecule has 0 radical (unpaired) electrons. The number of aryl methyl sites for hydroxylation is 2. The number of nitrogens with one attached hydrogen (secondary N) is 1. The smallest absolute Gasteiger partial charge is 0.253 e. The SMILES string of the molecule is Cc1nc(CNC(=O)c2cccnc2)sc1C. The van der Waals surface area contributed by atoms with Gasteiger partial charge in [0.05, 0.1) is 17.8 Å². The lowest BCUT2D eigenvalue weighted by Gasteiger charge is -2.01. The van der Waals surface area contributed by atoms with E-state index >= 15 is 0 Å². The normalized spacial score (nSPS) is 10.2. The van der Waals surface area contributed by atoms with Crippen molar-refractivity contribution in [2.75, 3.05) is 0 Å². The summed E-state index contributed by atoms with van der Waals surface area (Å²) in [6.45, 7) is 4.46. The van der Waals surface area contributed by atoms with Crippen LogP contribution in [0.2, 0.25) is 0 Å². The van der Waals surface area contributed by atoms with Gasteiger partial charge in [0.25, 0.3) is 5.91 Å². The fourth-order valence-corrected chi connectivity index (χ4v) is 2.24. The summed E-state index contributed by atoms with van der Waals surface area (Å²) in [6, 6.07) is 3.48. The highest BCUT2D eigenvalue weighted by Crippen LogP contribution is 2.16. The fraction of sp³-hybridized carbons (Fsp3) is 0.250. The Balaban J connectivity index is 1.97. The van der Waals surface area contributed by atoms with Crippen LogP contribution in [0.5, 0.6) is 0 Å². The quantitative estimate of drug-likeness (QED) is 0.903. The number of amides is 1. The van der Waals surface area contributed by atoms with Crippen LogP contribution in [0.3, 0.4) is 0 Å². The Morgan fingerprint density at radius 2 is 2.29 bits per heavy atom. The second kappa shape index (κ2) is 5.05. The first-order valence-electron chi connectivity index (χ1n) is 5.28. The number of aromatic nitrogens is 2. The van der Waals surface area contributed by atoms with Gasteiger partial charge in [-0.15, -0.1) is 11.3 Å². The van der Waals surface area contributed by atoms with Crippen LogP contribution in [0.4, 0.5) is 0 Å². The van der Waals surface area contributed by atoms with Gasteiger partial charge in [0.2, 0.25) is 0 Å². The molecule has 0 bridgehead atoms. The third-order valence-electron chi connectivity index (χ3n) is 2.40. The molecule has 0 atom stereocenters. The van der Waals surface area contributed by atoms with Crippen LogP contribution in [-0.2, 0) is 6.54 Å². The zero-order valence-electron chi connectivity index (χ0n) is 9.73. The summed E-state index contributed by atoms with van der Waals surface area (Å²) >= 11 is 1.61. The lowest BCUT2D eigenvalue weighted by atomic mass is 10.3. The summed E-state index contributed by atoms with van der Waals surface area (Å²) in [4.78, 5) is 21.2. The predicted octanol–water partition coefficient (Wildman–Crippen LogP) is 2.08. The molecule has 0 aliphatic rings.